The number of aryl methyl sites for hydroxylation is 3. The van der Waals surface area contributed by atoms with Crippen LogP contribution in [-0.4, -0.2) is 9.97 Å². The number of aromatic nitrogens is 2. The molecule has 0 aliphatic carbocycles. The van der Waals surface area contributed by atoms with Gasteiger partial charge in [0.25, 0.3) is 0 Å². The summed E-state index contributed by atoms with van der Waals surface area (Å²) in [6.07, 6.45) is 2.06. The molecule has 2 aromatic heterocycles. The summed E-state index contributed by atoms with van der Waals surface area (Å²) in [6.45, 7) is 6.36. The molecule has 138 valence electrons. The second kappa shape index (κ2) is 5.74. The Morgan fingerprint density at radius 3 is 2.10 bits per heavy atom. The molecule has 0 atom stereocenters. The van der Waals surface area contributed by atoms with E-state index in [0.717, 1.165) is 16.9 Å². The van der Waals surface area contributed by atoms with Crippen LogP contribution in [0.1, 0.15) is 16.8 Å². The lowest BCUT2D eigenvalue weighted by Crippen LogP contribution is -1.94. The van der Waals surface area contributed by atoms with Gasteiger partial charge < -0.3 is 0 Å². The fraction of sp³-hybridized carbons (Fsp3) is 0.111. The molecular formula is C27H20N2. The monoisotopic (exact) mass is 372 g/mol. The van der Waals surface area contributed by atoms with Crippen molar-refractivity contribution in [2.45, 2.75) is 20.8 Å². The maximum Gasteiger partial charge on any atom is 0.0781 e. The lowest BCUT2D eigenvalue weighted by atomic mass is 9.90. The van der Waals surface area contributed by atoms with E-state index < -0.39 is 0 Å². The smallest absolute Gasteiger partial charge is 0.0781 e. The van der Waals surface area contributed by atoms with Gasteiger partial charge in [0.15, 0.2) is 0 Å². The van der Waals surface area contributed by atoms with Crippen LogP contribution >= 0.6 is 0 Å². The second-order valence-electron chi connectivity index (χ2n) is 8.14. The van der Waals surface area contributed by atoms with Crippen LogP contribution in [0.4, 0.5) is 0 Å². The van der Waals surface area contributed by atoms with Gasteiger partial charge in [0, 0.05) is 39.0 Å². The van der Waals surface area contributed by atoms with Crippen LogP contribution in [0.25, 0.3) is 54.5 Å². The summed E-state index contributed by atoms with van der Waals surface area (Å²) in [5, 5.41) is 8.72. The first-order chi connectivity index (χ1) is 14.1. The Kier molecular flexibility index (Phi) is 3.25. The molecule has 0 fully saturated rings. The summed E-state index contributed by atoms with van der Waals surface area (Å²) >= 11 is 0. The van der Waals surface area contributed by atoms with E-state index in [1.54, 1.807) is 0 Å². The van der Waals surface area contributed by atoms with Crippen molar-refractivity contribution in [3.63, 3.8) is 0 Å². The summed E-state index contributed by atoms with van der Waals surface area (Å²) < 4.78 is 0. The molecule has 29 heavy (non-hydrogen) atoms. The largest absolute Gasteiger partial charge is 0.255 e. The molecular weight excluding hydrogens is 352 g/mol. The standard InChI is InChI=1S/C27H20N2/c1-15-10-16(2)12-18(11-15)27-21-8-4-6-19-20-7-5-9-24-26(20)22(13-17(3)29-24)23(14-28-27)25(19)21/h4-14H,1-3H3. The topological polar surface area (TPSA) is 25.8 Å². The van der Waals surface area contributed by atoms with Crippen molar-refractivity contribution >= 4 is 43.2 Å². The quantitative estimate of drug-likeness (QED) is 0.227. The first-order valence-electron chi connectivity index (χ1n) is 10.0. The van der Waals surface area contributed by atoms with E-state index in [9.17, 15) is 0 Å². The van der Waals surface area contributed by atoms with Gasteiger partial charge in [-0.3, -0.25) is 9.97 Å². The Morgan fingerprint density at radius 1 is 0.621 bits per heavy atom. The fourth-order valence-electron chi connectivity index (χ4n) is 4.93. The minimum Gasteiger partial charge on any atom is -0.255 e. The number of hydrogen-bond acceptors (Lipinski definition) is 2. The highest BCUT2D eigenvalue weighted by molar-refractivity contribution is 6.33. The SMILES string of the molecule is Cc1cc(C)cc(-c2ncc3c4cc(C)nc5cccc(c6cccc2c63)c54)c1. The molecule has 0 aliphatic rings. The third-order valence-corrected chi connectivity index (χ3v) is 5.95. The van der Waals surface area contributed by atoms with Crippen LogP contribution in [0.2, 0.25) is 0 Å². The van der Waals surface area contributed by atoms with Gasteiger partial charge in [-0.05, 0) is 61.2 Å². The number of rotatable bonds is 1. The van der Waals surface area contributed by atoms with Gasteiger partial charge >= 0.3 is 0 Å². The first kappa shape index (κ1) is 16.4. The van der Waals surface area contributed by atoms with E-state index in [4.69, 9.17) is 9.97 Å². The van der Waals surface area contributed by atoms with Gasteiger partial charge in [-0.2, -0.15) is 0 Å². The molecule has 0 spiro atoms. The van der Waals surface area contributed by atoms with Crippen molar-refractivity contribution < 1.29 is 0 Å². The zero-order valence-corrected chi connectivity index (χ0v) is 16.7. The highest BCUT2D eigenvalue weighted by Gasteiger charge is 2.17. The predicted molar refractivity (Wildman–Crippen MR) is 123 cm³/mol. The van der Waals surface area contributed by atoms with Crippen molar-refractivity contribution in [2.75, 3.05) is 0 Å². The summed E-state index contributed by atoms with van der Waals surface area (Å²) in [4.78, 5) is 9.75. The Labute approximate surface area is 169 Å². The zero-order valence-electron chi connectivity index (χ0n) is 16.7. The minimum absolute atomic E-state index is 1.04. The number of hydrogen-bond donors (Lipinski definition) is 0. The first-order valence-corrected chi connectivity index (χ1v) is 10.0. The molecule has 2 heteroatoms. The number of nitrogens with zero attached hydrogens (tertiary/aromatic N) is 2. The number of fused-ring (bicyclic) bond motifs is 2. The molecule has 0 aliphatic heterocycles. The van der Waals surface area contributed by atoms with E-state index in [2.05, 4.69) is 87.6 Å². The lowest BCUT2D eigenvalue weighted by molar-refractivity contribution is 1.27. The second-order valence-corrected chi connectivity index (χ2v) is 8.14. The van der Waals surface area contributed by atoms with Gasteiger partial charge in [-0.25, -0.2) is 0 Å². The summed E-state index contributed by atoms with van der Waals surface area (Å²) in [6, 6.07) is 21.9. The van der Waals surface area contributed by atoms with Crippen LogP contribution < -0.4 is 0 Å². The molecule has 0 bridgehead atoms. The van der Waals surface area contributed by atoms with Crippen LogP contribution in [0.15, 0.2) is 66.9 Å². The number of pyridine rings is 2. The van der Waals surface area contributed by atoms with E-state index in [-0.39, 0.29) is 0 Å². The van der Waals surface area contributed by atoms with Crippen LogP contribution in [0.3, 0.4) is 0 Å². The van der Waals surface area contributed by atoms with Crippen molar-refractivity contribution in [1.82, 2.24) is 9.97 Å². The summed E-state index contributed by atoms with van der Waals surface area (Å²) in [5.41, 5.74) is 6.85. The highest BCUT2D eigenvalue weighted by atomic mass is 14.7. The Balaban J connectivity index is 1.86. The van der Waals surface area contributed by atoms with Crippen molar-refractivity contribution in [1.29, 1.82) is 0 Å². The lowest BCUT2D eigenvalue weighted by Gasteiger charge is -2.16. The van der Waals surface area contributed by atoms with Crippen molar-refractivity contribution in [2.24, 2.45) is 0 Å². The number of benzene rings is 4. The van der Waals surface area contributed by atoms with Crippen molar-refractivity contribution in [3.05, 3.63) is 83.7 Å². The van der Waals surface area contributed by atoms with Crippen LogP contribution in [0, 0.1) is 20.8 Å². The minimum atomic E-state index is 1.04. The van der Waals surface area contributed by atoms with Gasteiger partial charge in [-0.15, -0.1) is 0 Å². The fourth-order valence-corrected chi connectivity index (χ4v) is 4.93. The molecule has 6 aromatic rings. The molecule has 0 N–H and O–H groups in total. The van der Waals surface area contributed by atoms with E-state index in [0.29, 0.717) is 0 Å². The molecule has 6 rings (SSSR count). The maximum absolute atomic E-state index is 4.97. The molecule has 0 unspecified atom stereocenters. The molecule has 2 nitrogen and oxygen atoms in total. The normalized spacial score (nSPS) is 12.0. The van der Waals surface area contributed by atoms with E-state index >= 15 is 0 Å². The van der Waals surface area contributed by atoms with Crippen molar-refractivity contribution in [3.8, 4) is 11.3 Å². The van der Waals surface area contributed by atoms with E-state index in [1.165, 1.54) is 54.4 Å². The van der Waals surface area contributed by atoms with Gasteiger partial charge in [-0.1, -0.05) is 47.5 Å². The molecule has 0 saturated heterocycles. The van der Waals surface area contributed by atoms with E-state index in [1.807, 2.05) is 0 Å². The predicted octanol–water partition coefficient (Wildman–Crippen LogP) is 7.12. The molecule has 0 radical (unpaired) electrons. The van der Waals surface area contributed by atoms with Gasteiger partial charge in [0.05, 0.1) is 11.2 Å². The van der Waals surface area contributed by atoms with Crippen LogP contribution in [-0.2, 0) is 0 Å². The third-order valence-electron chi connectivity index (χ3n) is 5.95. The molecule has 0 saturated carbocycles. The third kappa shape index (κ3) is 2.29. The molecule has 0 amide bonds. The Bertz CT molecular complexity index is 1560. The maximum atomic E-state index is 4.97. The molecule has 4 aromatic carbocycles. The summed E-state index contributed by atoms with van der Waals surface area (Å²) in [7, 11) is 0. The van der Waals surface area contributed by atoms with Gasteiger partial charge in [0.2, 0.25) is 0 Å². The average molecular weight is 372 g/mol. The van der Waals surface area contributed by atoms with Gasteiger partial charge in [0.1, 0.15) is 0 Å². The average Bonchev–Trinajstić information content (AvgIpc) is 2.70. The Morgan fingerprint density at radius 2 is 1.31 bits per heavy atom. The Hall–Kier alpha value is -3.52. The van der Waals surface area contributed by atoms with Crippen LogP contribution in [0.5, 0.6) is 0 Å². The summed E-state index contributed by atoms with van der Waals surface area (Å²) in [5.74, 6) is 0. The highest BCUT2D eigenvalue weighted by Crippen LogP contribution is 2.41. The zero-order chi connectivity index (χ0) is 19.7. The molecule has 2 heterocycles.